The van der Waals surface area contributed by atoms with Crippen LogP contribution in [-0.2, 0) is 0 Å². The van der Waals surface area contributed by atoms with E-state index in [1.807, 2.05) is 0 Å². The second-order valence-corrected chi connectivity index (χ2v) is 2.53. The van der Waals surface area contributed by atoms with Gasteiger partial charge in [0.05, 0.1) is 19.8 Å². The van der Waals surface area contributed by atoms with E-state index >= 15 is 0 Å². The Morgan fingerprint density at radius 3 is 1.56 bits per heavy atom. The van der Waals surface area contributed by atoms with E-state index in [0.717, 1.165) is 0 Å². The second kappa shape index (κ2) is 10.1. The van der Waals surface area contributed by atoms with Crippen LogP contribution in [0.3, 0.4) is 0 Å². The van der Waals surface area contributed by atoms with E-state index in [2.05, 4.69) is 0 Å². The van der Waals surface area contributed by atoms with Crippen LogP contribution in [0.15, 0.2) is 12.1 Å². The van der Waals surface area contributed by atoms with Gasteiger partial charge in [-0.1, -0.05) is 0 Å². The number of ether oxygens (including phenoxy) is 2. The molecule has 0 saturated carbocycles. The van der Waals surface area contributed by atoms with Crippen molar-refractivity contribution in [3.05, 3.63) is 17.7 Å². The lowest BCUT2D eigenvalue weighted by atomic mass is 10.2. The second-order valence-electron chi connectivity index (χ2n) is 2.53. The number of phenolic OH excluding ortho intramolecular Hbond substituents is 1. The predicted molar refractivity (Wildman–Crippen MR) is 62.6 cm³/mol. The van der Waals surface area contributed by atoms with Gasteiger partial charge in [0.15, 0.2) is 11.5 Å². The summed E-state index contributed by atoms with van der Waals surface area (Å²) in [7, 11) is 2.67. The quantitative estimate of drug-likeness (QED) is 0.626. The highest BCUT2D eigenvalue weighted by molar-refractivity contribution is 5.89. The minimum absolute atomic E-state index is 0. The number of benzene rings is 1. The highest BCUT2D eigenvalue weighted by Crippen LogP contribution is 2.36. The molecule has 0 atom stereocenters. The molecule has 0 heterocycles. The van der Waals surface area contributed by atoms with Crippen LogP contribution in [0, 0.1) is 0 Å². The van der Waals surface area contributed by atoms with Crippen LogP contribution in [0.2, 0.25) is 0 Å². The van der Waals surface area contributed by atoms with Gasteiger partial charge >= 0.3 is 5.97 Å². The normalized spacial score (nSPS) is 7.44. The maximum atomic E-state index is 10.7. The molecule has 0 saturated heterocycles. The Morgan fingerprint density at radius 2 is 1.33 bits per heavy atom. The van der Waals surface area contributed by atoms with E-state index in [-0.39, 0.29) is 44.7 Å². The van der Waals surface area contributed by atoms with Crippen LogP contribution in [0.4, 0.5) is 0 Å². The highest BCUT2D eigenvalue weighted by Gasteiger charge is 2.14. The number of hydrogen-bond acceptors (Lipinski definition) is 4. The summed E-state index contributed by atoms with van der Waals surface area (Å²) >= 11 is 0. The van der Waals surface area contributed by atoms with E-state index in [9.17, 15) is 9.90 Å². The number of methoxy groups -OCH3 is 2. The summed E-state index contributed by atoms with van der Waals surface area (Å²) in [5, 5.41) is 18.2. The summed E-state index contributed by atoms with van der Waals surface area (Å²) in [5.41, 5.74) is -0.00324. The Hall–Kier alpha value is -2.07. The molecule has 0 amide bonds. The molecule has 0 radical (unpaired) electrons. The van der Waals surface area contributed by atoms with Crippen LogP contribution < -0.4 is 9.47 Å². The zero-order valence-corrected chi connectivity index (χ0v) is 9.77. The molecule has 0 spiro atoms. The molecule has 0 fully saturated rings. The lowest BCUT2D eigenvalue weighted by molar-refractivity contribution is 0.0696. The first-order valence-electron chi connectivity index (χ1n) is 3.78. The van der Waals surface area contributed by atoms with Gasteiger partial charge in [-0.3, -0.25) is 0 Å². The topological polar surface area (TPSA) is 202 Å². The molecule has 0 bridgehead atoms. The van der Waals surface area contributed by atoms with Crippen molar-refractivity contribution < 1.29 is 46.4 Å². The zero-order valence-electron chi connectivity index (χ0n) is 9.77. The average molecular weight is 270 g/mol. The molecule has 0 aliphatic carbocycles. The molecular weight excluding hydrogens is 252 g/mol. The van der Waals surface area contributed by atoms with Crippen molar-refractivity contribution in [2.75, 3.05) is 14.2 Å². The third-order valence-corrected chi connectivity index (χ3v) is 1.73. The number of carboxylic acids is 1. The minimum Gasteiger partial charge on any atom is -0.502 e. The fourth-order valence-electron chi connectivity index (χ4n) is 1.02. The maximum Gasteiger partial charge on any atom is 0.335 e. The molecule has 9 nitrogen and oxygen atoms in total. The molecule has 9 heteroatoms. The number of aromatic hydroxyl groups is 1. The number of carboxylic acid groups (broad SMARTS) is 1. The van der Waals surface area contributed by atoms with Crippen molar-refractivity contribution in [2.45, 2.75) is 0 Å². The predicted octanol–water partition coefficient (Wildman–Crippen LogP) is -2.19. The molecule has 1 rings (SSSR count). The van der Waals surface area contributed by atoms with Gasteiger partial charge in [0.25, 0.3) is 0 Å². The summed E-state index contributed by atoms with van der Waals surface area (Å²) in [4.78, 5) is 10.7. The first kappa shape index (κ1) is 24.9. The molecule has 108 valence electrons. The lowest BCUT2D eigenvalue weighted by Crippen LogP contribution is -1.98. The van der Waals surface area contributed by atoms with E-state index < -0.39 is 5.97 Å². The molecule has 0 aromatic heterocycles. The number of carbonyl (C=O) groups is 1. The molecule has 10 N–H and O–H groups in total. The fourth-order valence-corrected chi connectivity index (χ4v) is 1.02. The smallest absolute Gasteiger partial charge is 0.335 e. The molecule has 1 aromatic carbocycles. The van der Waals surface area contributed by atoms with Gasteiger partial charge in [0, 0.05) is 0 Å². The van der Waals surface area contributed by atoms with Crippen LogP contribution in [0.5, 0.6) is 17.2 Å². The maximum absolute atomic E-state index is 10.7. The van der Waals surface area contributed by atoms with Crippen molar-refractivity contribution >= 4 is 5.97 Å². The van der Waals surface area contributed by atoms with Gasteiger partial charge in [-0.05, 0) is 12.1 Å². The van der Waals surface area contributed by atoms with Gasteiger partial charge in [0.1, 0.15) is 0 Å². The van der Waals surface area contributed by atoms with E-state index in [0.29, 0.717) is 0 Å². The van der Waals surface area contributed by atoms with Gasteiger partial charge in [-0.2, -0.15) is 0 Å². The van der Waals surface area contributed by atoms with Crippen molar-refractivity contribution in [3.8, 4) is 17.2 Å². The Kier molecular flexibility index (Phi) is 14.0. The monoisotopic (exact) mass is 270 g/mol. The lowest BCUT2D eigenvalue weighted by Gasteiger charge is -2.08. The molecule has 0 aliphatic rings. The van der Waals surface area contributed by atoms with E-state index in [1.54, 1.807) is 0 Å². The minimum atomic E-state index is -1.11. The Balaban J connectivity index is -0.000000245. The first-order valence-corrected chi connectivity index (χ1v) is 3.78. The third kappa shape index (κ3) is 4.84. The third-order valence-electron chi connectivity index (χ3n) is 1.73. The van der Waals surface area contributed by atoms with Crippen molar-refractivity contribution in [1.29, 1.82) is 0 Å². The standard InChI is InChI=1S/C9H10O5.4H2O/c1-13-6-3-5(9(11)12)4-7(14-2)8(6)10;;;;/h3-4,10H,1-2H3,(H,11,12);4*1H2. The van der Waals surface area contributed by atoms with Gasteiger partial charge < -0.3 is 41.6 Å². The summed E-state index contributed by atoms with van der Waals surface area (Å²) in [6.45, 7) is 0. The number of rotatable bonds is 3. The van der Waals surface area contributed by atoms with Crippen LogP contribution in [-0.4, -0.2) is 52.3 Å². The number of aromatic carboxylic acids is 1. The highest BCUT2D eigenvalue weighted by atomic mass is 16.5. The summed E-state index contributed by atoms with van der Waals surface area (Å²) < 4.78 is 9.57. The van der Waals surface area contributed by atoms with Gasteiger partial charge in [0.2, 0.25) is 5.75 Å². The van der Waals surface area contributed by atoms with Gasteiger partial charge in [-0.25, -0.2) is 4.79 Å². The molecule has 18 heavy (non-hydrogen) atoms. The summed E-state index contributed by atoms with van der Waals surface area (Å²) in [6, 6.07) is 2.44. The molecule has 0 unspecified atom stereocenters. The van der Waals surface area contributed by atoms with E-state index in [4.69, 9.17) is 14.6 Å². The Morgan fingerprint density at radius 1 is 1.00 bits per heavy atom. The van der Waals surface area contributed by atoms with E-state index in [1.165, 1.54) is 26.4 Å². The SMILES string of the molecule is COc1cc(C(=O)O)cc(OC)c1O.O.O.O.O. The van der Waals surface area contributed by atoms with Gasteiger partial charge in [-0.15, -0.1) is 0 Å². The largest absolute Gasteiger partial charge is 0.502 e. The van der Waals surface area contributed by atoms with Crippen LogP contribution in [0.25, 0.3) is 0 Å². The first-order chi connectivity index (χ1) is 6.60. The molecule has 1 aromatic rings. The fraction of sp³-hybridized carbons (Fsp3) is 0.222. The Bertz CT molecular complexity index is 338. The van der Waals surface area contributed by atoms with Crippen LogP contribution >= 0.6 is 0 Å². The zero-order chi connectivity index (χ0) is 10.7. The number of hydrogen-bond donors (Lipinski definition) is 2. The van der Waals surface area contributed by atoms with Crippen molar-refractivity contribution in [2.24, 2.45) is 0 Å². The molecular formula is C9H18O9. The summed E-state index contributed by atoms with van der Waals surface area (Å²) in [6.07, 6.45) is 0. The Labute approximate surface area is 102 Å². The summed E-state index contributed by atoms with van der Waals surface area (Å²) in [5.74, 6) is -1.18. The van der Waals surface area contributed by atoms with Crippen LogP contribution in [0.1, 0.15) is 10.4 Å². The van der Waals surface area contributed by atoms with Crippen molar-refractivity contribution in [3.63, 3.8) is 0 Å². The average Bonchev–Trinajstić information content (AvgIpc) is 2.17. The molecule has 0 aliphatic heterocycles. The number of phenols is 1. The van der Waals surface area contributed by atoms with Crippen molar-refractivity contribution in [1.82, 2.24) is 0 Å².